The van der Waals surface area contributed by atoms with Crippen LogP contribution in [0.5, 0.6) is 0 Å². The first-order valence-electron chi connectivity index (χ1n) is 7.24. The Bertz CT molecular complexity index is 544. The fourth-order valence-corrected chi connectivity index (χ4v) is 2.51. The molecule has 1 atom stereocenters. The number of pyridine rings is 1. The van der Waals surface area contributed by atoms with E-state index in [2.05, 4.69) is 35.3 Å². The number of nitrogens with two attached hydrogens (primary N) is 1. The van der Waals surface area contributed by atoms with Gasteiger partial charge < -0.3 is 5.73 Å². The Balaban J connectivity index is 2.29. The topological polar surface area (TPSA) is 56.7 Å². The molecule has 2 N–H and O–H groups in total. The van der Waals surface area contributed by atoms with Crippen LogP contribution in [0.2, 0.25) is 0 Å². The lowest BCUT2D eigenvalue weighted by Crippen LogP contribution is -2.13. The van der Waals surface area contributed by atoms with Gasteiger partial charge in [0, 0.05) is 12.7 Å². The Morgan fingerprint density at radius 1 is 1.37 bits per heavy atom. The van der Waals surface area contributed by atoms with Gasteiger partial charge in [-0.15, -0.1) is 0 Å². The average Bonchev–Trinajstić information content (AvgIpc) is 2.72. The van der Waals surface area contributed by atoms with Gasteiger partial charge in [-0.3, -0.25) is 4.57 Å². The van der Waals surface area contributed by atoms with Gasteiger partial charge in [0.05, 0.1) is 0 Å². The lowest BCUT2D eigenvalue weighted by atomic mass is 9.99. The summed E-state index contributed by atoms with van der Waals surface area (Å²) in [7, 11) is 0. The molecule has 0 spiro atoms. The molecule has 2 aromatic rings. The zero-order chi connectivity index (χ0) is 13.8. The van der Waals surface area contributed by atoms with Crippen molar-refractivity contribution >= 4 is 17.1 Å². The summed E-state index contributed by atoms with van der Waals surface area (Å²) in [5.74, 6) is 1.24. The maximum absolute atomic E-state index is 6.07. The predicted octanol–water partition coefficient (Wildman–Crippen LogP) is 3.54. The Kier molecular flexibility index (Phi) is 4.40. The van der Waals surface area contributed by atoms with Crippen molar-refractivity contribution in [3.63, 3.8) is 0 Å². The molecule has 2 heterocycles. The molecule has 1 unspecified atom stereocenters. The molecule has 0 fully saturated rings. The summed E-state index contributed by atoms with van der Waals surface area (Å²) >= 11 is 0. The standard InChI is InChI=1S/C15H24N4/c1-4-6-7-12(5-2)10-19-14-13(18-15(19)16)11(3)8-9-17-14/h8-9,12H,4-7,10H2,1-3H3,(H2,16,18). The summed E-state index contributed by atoms with van der Waals surface area (Å²) in [6.07, 6.45) is 6.77. The molecular formula is C15H24N4. The van der Waals surface area contributed by atoms with E-state index < -0.39 is 0 Å². The van der Waals surface area contributed by atoms with E-state index in [0.29, 0.717) is 11.9 Å². The number of unbranched alkanes of at least 4 members (excludes halogenated alkanes) is 1. The third-order valence-corrected chi connectivity index (χ3v) is 3.85. The second-order valence-corrected chi connectivity index (χ2v) is 5.30. The summed E-state index contributed by atoms with van der Waals surface area (Å²) in [6, 6.07) is 1.98. The summed E-state index contributed by atoms with van der Waals surface area (Å²) in [5, 5.41) is 0. The van der Waals surface area contributed by atoms with E-state index in [1.54, 1.807) is 0 Å². The van der Waals surface area contributed by atoms with Crippen LogP contribution in [-0.2, 0) is 6.54 Å². The van der Waals surface area contributed by atoms with Crippen LogP contribution in [0.3, 0.4) is 0 Å². The number of hydrogen-bond acceptors (Lipinski definition) is 3. The van der Waals surface area contributed by atoms with Crippen LogP contribution >= 0.6 is 0 Å². The molecular weight excluding hydrogens is 236 g/mol. The molecule has 0 saturated heterocycles. The summed E-state index contributed by atoms with van der Waals surface area (Å²) in [5.41, 5.74) is 9.06. The molecule has 0 aliphatic heterocycles. The van der Waals surface area contributed by atoms with Gasteiger partial charge in [-0.2, -0.15) is 0 Å². The molecule has 0 aliphatic carbocycles. The molecule has 0 saturated carbocycles. The predicted molar refractivity (Wildman–Crippen MR) is 80.0 cm³/mol. The zero-order valence-electron chi connectivity index (χ0n) is 12.2. The second kappa shape index (κ2) is 6.04. The van der Waals surface area contributed by atoms with Gasteiger partial charge >= 0.3 is 0 Å². The highest BCUT2D eigenvalue weighted by atomic mass is 15.2. The van der Waals surface area contributed by atoms with Gasteiger partial charge in [-0.05, 0) is 30.9 Å². The van der Waals surface area contributed by atoms with Crippen molar-refractivity contribution in [2.45, 2.75) is 53.0 Å². The molecule has 2 aromatic heterocycles. The maximum atomic E-state index is 6.07. The third-order valence-electron chi connectivity index (χ3n) is 3.85. The van der Waals surface area contributed by atoms with Gasteiger partial charge in [0.25, 0.3) is 0 Å². The lowest BCUT2D eigenvalue weighted by Gasteiger charge is -2.16. The van der Waals surface area contributed by atoms with Gasteiger partial charge in [0.15, 0.2) is 5.65 Å². The maximum Gasteiger partial charge on any atom is 0.202 e. The first-order valence-corrected chi connectivity index (χ1v) is 7.24. The molecule has 0 aliphatic rings. The zero-order valence-corrected chi connectivity index (χ0v) is 12.2. The van der Waals surface area contributed by atoms with Crippen molar-refractivity contribution < 1.29 is 0 Å². The molecule has 4 nitrogen and oxygen atoms in total. The van der Waals surface area contributed by atoms with E-state index in [4.69, 9.17) is 5.73 Å². The van der Waals surface area contributed by atoms with Crippen molar-refractivity contribution in [3.8, 4) is 0 Å². The number of nitrogens with zero attached hydrogens (tertiary/aromatic N) is 3. The van der Waals surface area contributed by atoms with Crippen molar-refractivity contribution in [1.29, 1.82) is 0 Å². The number of fused-ring (bicyclic) bond motifs is 1. The number of rotatable bonds is 6. The Morgan fingerprint density at radius 2 is 2.16 bits per heavy atom. The van der Waals surface area contributed by atoms with Crippen LogP contribution in [-0.4, -0.2) is 14.5 Å². The van der Waals surface area contributed by atoms with E-state index in [1.807, 2.05) is 12.3 Å². The fraction of sp³-hybridized carbons (Fsp3) is 0.600. The van der Waals surface area contributed by atoms with E-state index >= 15 is 0 Å². The monoisotopic (exact) mass is 260 g/mol. The van der Waals surface area contributed by atoms with Crippen LogP contribution in [0.1, 0.15) is 45.1 Å². The van der Waals surface area contributed by atoms with Gasteiger partial charge in [0.1, 0.15) is 5.52 Å². The molecule has 104 valence electrons. The minimum atomic E-state index is 0.590. The smallest absolute Gasteiger partial charge is 0.202 e. The number of nitrogen functional groups attached to an aromatic ring is 1. The third kappa shape index (κ3) is 2.88. The number of aromatic nitrogens is 3. The highest BCUT2D eigenvalue weighted by molar-refractivity contribution is 5.77. The summed E-state index contributed by atoms with van der Waals surface area (Å²) in [4.78, 5) is 8.91. The Labute approximate surface area is 115 Å². The van der Waals surface area contributed by atoms with Crippen molar-refractivity contribution in [1.82, 2.24) is 14.5 Å². The van der Waals surface area contributed by atoms with E-state index in [9.17, 15) is 0 Å². The van der Waals surface area contributed by atoms with E-state index in [1.165, 1.54) is 25.7 Å². The highest BCUT2D eigenvalue weighted by Gasteiger charge is 2.14. The number of anilines is 1. The lowest BCUT2D eigenvalue weighted by molar-refractivity contribution is 0.397. The van der Waals surface area contributed by atoms with Crippen LogP contribution < -0.4 is 5.73 Å². The fourth-order valence-electron chi connectivity index (χ4n) is 2.51. The van der Waals surface area contributed by atoms with Gasteiger partial charge in [0.2, 0.25) is 5.95 Å². The van der Waals surface area contributed by atoms with Crippen molar-refractivity contribution in [2.24, 2.45) is 5.92 Å². The molecule has 19 heavy (non-hydrogen) atoms. The Morgan fingerprint density at radius 3 is 2.84 bits per heavy atom. The number of hydrogen-bond donors (Lipinski definition) is 1. The van der Waals surface area contributed by atoms with E-state index in [0.717, 1.165) is 23.3 Å². The minimum absolute atomic E-state index is 0.590. The molecule has 0 radical (unpaired) electrons. The largest absolute Gasteiger partial charge is 0.369 e. The summed E-state index contributed by atoms with van der Waals surface area (Å²) < 4.78 is 2.08. The SMILES string of the molecule is CCCCC(CC)Cn1c(N)nc2c(C)ccnc21. The highest BCUT2D eigenvalue weighted by Crippen LogP contribution is 2.23. The molecule has 0 amide bonds. The molecule has 0 bridgehead atoms. The first-order chi connectivity index (χ1) is 9.17. The normalized spacial score (nSPS) is 13.0. The van der Waals surface area contributed by atoms with Gasteiger partial charge in [-0.25, -0.2) is 9.97 Å². The minimum Gasteiger partial charge on any atom is -0.369 e. The average molecular weight is 260 g/mol. The van der Waals surface area contributed by atoms with Gasteiger partial charge in [-0.1, -0.05) is 33.1 Å². The molecule has 4 heteroatoms. The number of imidazole rings is 1. The van der Waals surface area contributed by atoms with Crippen LogP contribution in [0.25, 0.3) is 11.2 Å². The van der Waals surface area contributed by atoms with Crippen molar-refractivity contribution in [3.05, 3.63) is 17.8 Å². The molecule has 2 rings (SSSR count). The van der Waals surface area contributed by atoms with Crippen LogP contribution in [0.4, 0.5) is 5.95 Å². The quantitative estimate of drug-likeness (QED) is 0.864. The second-order valence-electron chi connectivity index (χ2n) is 5.30. The number of aryl methyl sites for hydroxylation is 1. The summed E-state index contributed by atoms with van der Waals surface area (Å²) in [6.45, 7) is 7.46. The van der Waals surface area contributed by atoms with Crippen molar-refractivity contribution in [2.75, 3.05) is 5.73 Å². The van der Waals surface area contributed by atoms with Crippen LogP contribution in [0.15, 0.2) is 12.3 Å². The molecule has 0 aromatic carbocycles. The first kappa shape index (κ1) is 13.8. The van der Waals surface area contributed by atoms with E-state index in [-0.39, 0.29) is 0 Å². The Hall–Kier alpha value is -1.58. The van der Waals surface area contributed by atoms with Crippen LogP contribution in [0, 0.1) is 12.8 Å².